The molecular formula is C16H25N3O. The number of hydrogen-bond donors (Lipinski definition) is 2. The Kier molecular flexibility index (Phi) is 5.87. The monoisotopic (exact) mass is 275 g/mol. The predicted molar refractivity (Wildman–Crippen MR) is 82.9 cm³/mol. The molecule has 3 N–H and O–H groups in total. The standard InChI is InChI=1S/C16H25N3O/c1-20-15-10-6-7-13(11-15)12-16(19-17)18-14-8-4-2-3-5-9-14/h6-7,10-11,14H,2-5,8-9,12,17H2,1H3,(H,18,19). The molecule has 0 heterocycles. The molecule has 20 heavy (non-hydrogen) atoms. The second kappa shape index (κ2) is 7.90. The summed E-state index contributed by atoms with van der Waals surface area (Å²) in [6.07, 6.45) is 8.34. The van der Waals surface area contributed by atoms with Crippen molar-refractivity contribution in [2.75, 3.05) is 7.11 Å². The van der Waals surface area contributed by atoms with Crippen LogP contribution < -0.4 is 16.0 Å². The Balaban J connectivity index is 2.03. The van der Waals surface area contributed by atoms with Gasteiger partial charge in [-0.05, 0) is 30.5 Å². The second-order valence-corrected chi connectivity index (χ2v) is 5.39. The van der Waals surface area contributed by atoms with Gasteiger partial charge in [0.1, 0.15) is 11.6 Å². The number of nitrogens with two attached hydrogens (primary N) is 1. The van der Waals surface area contributed by atoms with Gasteiger partial charge in [0.25, 0.3) is 0 Å². The Morgan fingerprint density at radius 1 is 1.30 bits per heavy atom. The zero-order valence-electron chi connectivity index (χ0n) is 12.3. The molecule has 0 unspecified atom stereocenters. The lowest BCUT2D eigenvalue weighted by Gasteiger charge is -2.13. The van der Waals surface area contributed by atoms with Crippen LogP contribution in [0, 0.1) is 0 Å². The quantitative estimate of drug-likeness (QED) is 0.292. The summed E-state index contributed by atoms with van der Waals surface area (Å²) in [5.74, 6) is 7.37. The van der Waals surface area contributed by atoms with Gasteiger partial charge in [0.2, 0.25) is 0 Å². The summed E-state index contributed by atoms with van der Waals surface area (Å²) in [4.78, 5) is 4.80. The lowest BCUT2D eigenvalue weighted by molar-refractivity contribution is 0.414. The maximum Gasteiger partial charge on any atom is 0.119 e. The van der Waals surface area contributed by atoms with Crippen LogP contribution in [0.3, 0.4) is 0 Å². The summed E-state index contributed by atoms with van der Waals surface area (Å²) in [5, 5.41) is 0. The molecule has 0 amide bonds. The Bertz CT molecular complexity index is 437. The number of hydrazine groups is 1. The fourth-order valence-corrected chi connectivity index (χ4v) is 2.72. The van der Waals surface area contributed by atoms with Crippen LogP contribution in [-0.4, -0.2) is 19.0 Å². The third-order valence-electron chi connectivity index (χ3n) is 3.84. The topological polar surface area (TPSA) is 59.6 Å². The summed E-state index contributed by atoms with van der Waals surface area (Å²) < 4.78 is 5.25. The zero-order valence-corrected chi connectivity index (χ0v) is 12.3. The molecule has 1 aromatic rings. The number of benzene rings is 1. The van der Waals surface area contributed by atoms with E-state index >= 15 is 0 Å². The van der Waals surface area contributed by atoms with Crippen LogP contribution in [0.15, 0.2) is 29.3 Å². The maximum absolute atomic E-state index is 5.64. The van der Waals surface area contributed by atoms with Gasteiger partial charge in [0.15, 0.2) is 0 Å². The number of rotatable bonds is 4. The number of methoxy groups -OCH3 is 1. The van der Waals surface area contributed by atoms with Crippen molar-refractivity contribution in [2.45, 2.75) is 51.0 Å². The normalized spacial score (nSPS) is 17.6. The van der Waals surface area contributed by atoms with Gasteiger partial charge < -0.3 is 10.2 Å². The van der Waals surface area contributed by atoms with Gasteiger partial charge in [-0.25, -0.2) is 5.84 Å². The van der Waals surface area contributed by atoms with Crippen LogP contribution in [0.1, 0.15) is 44.1 Å². The highest BCUT2D eigenvalue weighted by Gasteiger charge is 2.12. The smallest absolute Gasteiger partial charge is 0.119 e. The molecule has 4 heteroatoms. The van der Waals surface area contributed by atoms with Gasteiger partial charge in [0.05, 0.1) is 13.2 Å². The van der Waals surface area contributed by atoms with Crippen molar-refractivity contribution in [1.82, 2.24) is 5.43 Å². The molecule has 0 radical (unpaired) electrons. The van der Waals surface area contributed by atoms with E-state index in [0.29, 0.717) is 6.04 Å². The molecule has 1 aromatic carbocycles. The predicted octanol–water partition coefficient (Wildman–Crippen LogP) is 2.82. The third kappa shape index (κ3) is 4.53. The van der Waals surface area contributed by atoms with E-state index in [1.807, 2.05) is 18.2 Å². The highest BCUT2D eigenvalue weighted by Crippen LogP contribution is 2.20. The van der Waals surface area contributed by atoms with Crippen LogP contribution in [0.5, 0.6) is 5.75 Å². The van der Waals surface area contributed by atoms with Crippen molar-refractivity contribution in [2.24, 2.45) is 10.8 Å². The molecule has 1 aliphatic carbocycles. The zero-order chi connectivity index (χ0) is 14.2. The molecule has 0 aromatic heterocycles. The van der Waals surface area contributed by atoms with Crippen LogP contribution in [0.2, 0.25) is 0 Å². The SMILES string of the molecule is COc1cccc(CC(=NC2CCCCCC2)NN)c1. The summed E-state index contributed by atoms with van der Waals surface area (Å²) >= 11 is 0. The van der Waals surface area contributed by atoms with Crippen molar-refractivity contribution >= 4 is 5.84 Å². The van der Waals surface area contributed by atoms with E-state index in [-0.39, 0.29) is 0 Å². The second-order valence-electron chi connectivity index (χ2n) is 5.39. The molecule has 110 valence electrons. The number of amidine groups is 1. The van der Waals surface area contributed by atoms with Crippen molar-refractivity contribution in [3.8, 4) is 5.75 Å². The highest BCUT2D eigenvalue weighted by molar-refractivity contribution is 5.84. The van der Waals surface area contributed by atoms with Crippen molar-refractivity contribution in [3.05, 3.63) is 29.8 Å². The molecule has 4 nitrogen and oxygen atoms in total. The molecule has 0 aliphatic heterocycles. The molecule has 1 aliphatic rings. The number of nitrogens with one attached hydrogen (secondary N) is 1. The van der Waals surface area contributed by atoms with Crippen LogP contribution in [0.4, 0.5) is 0 Å². The fourth-order valence-electron chi connectivity index (χ4n) is 2.72. The first-order valence-corrected chi connectivity index (χ1v) is 7.48. The number of hydrogen-bond acceptors (Lipinski definition) is 3. The van der Waals surface area contributed by atoms with E-state index in [9.17, 15) is 0 Å². The average molecular weight is 275 g/mol. The Morgan fingerprint density at radius 3 is 2.70 bits per heavy atom. The lowest BCUT2D eigenvalue weighted by Crippen LogP contribution is -2.33. The molecule has 1 fully saturated rings. The first kappa shape index (κ1) is 14.9. The maximum atomic E-state index is 5.64. The first-order chi connectivity index (χ1) is 9.81. The van der Waals surface area contributed by atoms with Gasteiger partial charge in [-0.1, -0.05) is 37.8 Å². The van der Waals surface area contributed by atoms with E-state index in [1.54, 1.807) is 7.11 Å². The third-order valence-corrected chi connectivity index (χ3v) is 3.84. The minimum Gasteiger partial charge on any atom is -0.497 e. The Labute approximate surface area is 121 Å². The summed E-state index contributed by atoms with van der Waals surface area (Å²) in [5.41, 5.74) is 3.93. The molecular weight excluding hydrogens is 250 g/mol. The van der Waals surface area contributed by atoms with E-state index in [0.717, 1.165) is 23.6 Å². The van der Waals surface area contributed by atoms with Crippen molar-refractivity contribution in [1.29, 1.82) is 0 Å². The van der Waals surface area contributed by atoms with Gasteiger partial charge in [-0.3, -0.25) is 4.99 Å². The summed E-state index contributed by atoms with van der Waals surface area (Å²) in [7, 11) is 1.68. The fraction of sp³-hybridized carbons (Fsp3) is 0.562. The van der Waals surface area contributed by atoms with Crippen LogP contribution >= 0.6 is 0 Å². The molecule has 0 saturated heterocycles. The average Bonchev–Trinajstić information content (AvgIpc) is 2.75. The number of aliphatic imine (C=N–C) groups is 1. The Hall–Kier alpha value is -1.55. The van der Waals surface area contributed by atoms with Crippen molar-refractivity contribution in [3.63, 3.8) is 0 Å². The number of ether oxygens (including phenoxy) is 1. The molecule has 1 saturated carbocycles. The van der Waals surface area contributed by atoms with E-state index in [2.05, 4.69) is 11.5 Å². The van der Waals surface area contributed by atoms with Gasteiger partial charge in [-0.15, -0.1) is 0 Å². The van der Waals surface area contributed by atoms with E-state index < -0.39 is 0 Å². The van der Waals surface area contributed by atoms with E-state index in [4.69, 9.17) is 15.6 Å². The molecule has 0 spiro atoms. The lowest BCUT2D eigenvalue weighted by atomic mass is 10.1. The summed E-state index contributed by atoms with van der Waals surface area (Å²) in [6.45, 7) is 0. The minimum absolute atomic E-state index is 0.425. The number of nitrogens with zero attached hydrogens (tertiary/aromatic N) is 1. The first-order valence-electron chi connectivity index (χ1n) is 7.48. The highest BCUT2D eigenvalue weighted by atomic mass is 16.5. The van der Waals surface area contributed by atoms with Crippen LogP contribution in [0.25, 0.3) is 0 Å². The van der Waals surface area contributed by atoms with E-state index in [1.165, 1.54) is 38.5 Å². The van der Waals surface area contributed by atoms with Gasteiger partial charge >= 0.3 is 0 Å². The minimum atomic E-state index is 0.425. The van der Waals surface area contributed by atoms with Crippen LogP contribution in [-0.2, 0) is 6.42 Å². The van der Waals surface area contributed by atoms with Gasteiger partial charge in [-0.2, -0.15) is 0 Å². The molecule has 0 bridgehead atoms. The summed E-state index contributed by atoms with van der Waals surface area (Å²) in [6, 6.07) is 8.46. The van der Waals surface area contributed by atoms with Gasteiger partial charge in [0, 0.05) is 6.42 Å². The Morgan fingerprint density at radius 2 is 2.05 bits per heavy atom. The molecule has 0 atom stereocenters. The van der Waals surface area contributed by atoms with Crippen molar-refractivity contribution < 1.29 is 4.74 Å². The molecule has 2 rings (SSSR count). The largest absolute Gasteiger partial charge is 0.497 e.